The first-order valence-electron chi connectivity index (χ1n) is 5.82. The van der Waals surface area contributed by atoms with Gasteiger partial charge >= 0.3 is 0 Å². The van der Waals surface area contributed by atoms with E-state index < -0.39 is 10.0 Å². The molecule has 100 valence electrons. The summed E-state index contributed by atoms with van der Waals surface area (Å²) in [6.45, 7) is 1.67. The molecule has 1 atom stereocenters. The van der Waals surface area contributed by atoms with Crippen molar-refractivity contribution in [2.24, 2.45) is 5.92 Å². The number of aromatic nitrogens is 2. The zero-order valence-electron chi connectivity index (χ0n) is 9.85. The van der Waals surface area contributed by atoms with Crippen LogP contribution in [-0.2, 0) is 10.0 Å². The van der Waals surface area contributed by atoms with Crippen LogP contribution < -0.4 is 15.6 Å². The molecule has 1 aliphatic rings. The van der Waals surface area contributed by atoms with Crippen LogP contribution in [0.5, 0.6) is 0 Å². The third-order valence-corrected chi connectivity index (χ3v) is 4.22. The lowest BCUT2D eigenvalue weighted by molar-refractivity contribution is 0.404. The Hall–Kier alpha value is -1.41. The Morgan fingerprint density at radius 3 is 2.89 bits per heavy atom. The van der Waals surface area contributed by atoms with Crippen LogP contribution >= 0.6 is 0 Å². The van der Waals surface area contributed by atoms with Crippen molar-refractivity contribution in [1.82, 2.24) is 15.5 Å². The summed E-state index contributed by atoms with van der Waals surface area (Å²) in [5, 5.41) is 8.97. The minimum Gasteiger partial charge on any atom is -0.316 e. The summed E-state index contributed by atoms with van der Waals surface area (Å²) < 4.78 is 26.1. The van der Waals surface area contributed by atoms with Crippen molar-refractivity contribution in [1.29, 1.82) is 0 Å². The van der Waals surface area contributed by atoms with Crippen LogP contribution in [0, 0.1) is 5.92 Å². The number of aromatic amines is 1. The SMILES string of the molecule is O=c1ccc(NS(=O)(=O)CC2CCCNC2)n[nH]1. The third-order valence-electron chi connectivity index (χ3n) is 2.79. The fourth-order valence-electron chi connectivity index (χ4n) is 1.98. The first-order chi connectivity index (χ1) is 8.55. The fourth-order valence-corrected chi connectivity index (χ4v) is 3.40. The van der Waals surface area contributed by atoms with Crippen LogP contribution in [0.3, 0.4) is 0 Å². The summed E-state index contributed by atoms with van der Waals surface area (Å²) in [6.07, 6.45) is 1.91. The molecule has 1 aromatic rings. The van der Waals surface area contributed by atoms with Crippen LogP contribution in [0.25, 0.3) is 0 Å². The van der Waals surface area contributed by atoms with Crippen LogP contribution in [0.15, 0.2) is 16.9 Å². The summed E-state index contributed by atoms with van der Waals surface area (Å²) in [6, 6.07) is 2.57. The maximum absolute atomic E-state index is 11.9. The van der Waals surface area contributed by atoms with Gasteiger partial charge in [0.05, 0.1) is 5.75 Å². The van der Waals surface area contributed by atoms with E-state index >= 15 is 0 Å². The van der Waals surface area contributed by atoms with Crippen molar-refractivity contribution >= 4 is 15.8 Å². The molecule has 0 radical (unpaired) electrons. The lowest BCUT2D eigenvalue weighted by Crippen LogP contribution is -2.35. The predicted molar refractivity (Wildman–Crippen MR) is 67.9 cm³/mol. The van der Waals surface area contributed by atoms with Gasteiger partial charge in [-0.15, -0.1) is 0 Å². The standard InChI is InChI=1S/C10H16N4O3S/c15-10-4-3-9(12-13-10)14-18(16,17)7-8-2-1-5-11-6-8/h3-4,8,11H,1-2,5-7H2,(H,12,14)(H,13,15). The van der Waals surface area contributed by atoms with E-state index in [1.54, 1.807) is 0 Å². The molecule has 0 aromatic carbocycles. The van der Waals surface area contributed by atoms with Gasteiger partial charge in [-0.1, -0.05) is 0 Å². The number of H-pyrrole nitrogens is 1. The Labute approximate surface area is 105 Å². The lowest BCUT2D eigenvalue weighted by atomic mass is 10.0. The second-order valence-corrected chi connectivity index (χ2v) is 6.17. The average Bonchev–Trinajstić information content (AvgIpc) is 2.32. The van der Waals surface area contributed by atoms with Crippen molar-refractivity contribution in [3.63, 3.8) is 0 Å². The maximum Gasteiger partial charge on any atom is 0.264 e. The van der Waals surface area contributed by atoms with Crippen LogP contribution in [0.2, 0.25) is 0 Å². The molecule has 0 aliphatic carbocycles. The van der Waals surface area contributed by atoms with Crippen molar-refractivity contribution < 1.29 is 8.42 Å². The monoisotopic (exact) mass is 272 g/mol. The molecule has 1 aliphatic heterocycles. The molecule has 0 spiro atoms. The van der Waals surface area contributed by atoms with Gasteiger partial charge in [0.25, 0.3) is 5.56 Å². The van der Waals surface area contributed by atoms with E-state index in [1.165, 1.54) is 12.1 Å². The van der Waals surface area contributed by atoms with E-state index in [0.29, 0.717) is 0 Å². The minimum absolute atomic E-state index is 0.0702. The van der Waals surface area contributed by atoms with Gasteiger partial charge in [-0.05, 0) is 37.9 Å². The topological polar surface area (TPSA) is 104 Å². The molecule has 0 bridgehead atoms. The maximum atomic E-state index is 11.9. The summed E-state index contributed by atoms with van der Waals surface area (Å²) in [4.78, 5) is 10.8. The highest BCUT2D eigenvalue weighted by atomic mass is 32.2. The molecule has 1 saturated heterocycles. The molecule has 1 fully saturated rings. The normalized spacial score (nSPS) is 20.6. The van der Waals surface area contributed by atoms with E-state index in [-0.39, 0.29) is 23.0 Å². The zero-order chi connectivity index (χ0) is 13.0. The quantitative estimate of drug-likeness (QED) is 0.686. The number of rotatable bonds is 4. The minimum atomic E-state index is -3.42. The molecule has 2 rings (SSSR count). The largest absolute Gasteiger partial charge is 0.316 e. The van der Waals surface area contributed by atoms with Gasteiger partial charge in [-0.25, -0.2) is 13.5 Å². The number of sulfonamides is 1. The lowest BCUT2D eigenvalue weighted by Gasteiger charge is -2.22. The van der Waals surface area contributed by atoms with E-state index in [2.05, 4.69) is 20.2 Å². The van der Waals surface area contributed by atoms with Gasteiger partial charge < -0.3 is 5.32 Å². The molecule has 1 aromatic heterocycles. The first kappa shape index (κ1) is 13.0. The molecular weight excluding hydrogens is 256 g/mol. The van der Waals surface area contributed by atoms with Gasteiger partial charge in [0.1, 0.15) is 0 Å². The molecule has 7 nitrogen and oxygen atoms in total. The average molecular weight is 272 g/mol. The number of anilines is 1. The molecule has 1 unspecified atom stereocenters. The molecule has 0 saturated carbocycles. The van der Waals surface area contributed by atoms with Gasteiger partial charge in [-0.2, -0.15) is 5.10 Å². The fraction of sp³-hybridized carbons (Fsp3) is 0.600. The Kier molecular flexibility index (Phi) is 3.97. The van der Waals surface area contributed by atoms with Gasteiger partial charge in [0, 0.05) is 6.07 Å². The predicted octanol–water partition coefficient (Wildman–Crippen LogP) is -0.489. The van der Waals surface area contributed by atoms with Crippen molar-refractivity contribution in [3.8, 4) is 0 Å². The van der Waals surface area contributed by atoms with Crippen molar-refractivity contribution in [3.05, 3.63) is 22.5 Å². The zero-order valence-corrected chi connectivity index (χ0v) is 10.7. The van der Waals surface area contributed by atoms with Crippen LogP contribution in [0.4, 0.5) is 5.82 Å². The number of hydrogen-bond acceptors (Lipinski definition) is 5. The Morgan fingerprint density at radius 1 is 1.44 bits per heavy atom. The Balaban J connectivity index is 1.98. The third kappa shape index (κ3) is 3.81. The summed E-state index contributed by atoms with van der Waals surface area (Å²) in [7, 11) is -3.42. The molecule has 2 heterocycles. The van der Waals surface area contributed by atoms with E-state index in [4.69, 9.17) is 0 Å². The molecular formula is C10H16N4O3S. The molecule has 0 amide bonds. The van der Waals surface area contributed by atoms with Gasteiger partial charge in [-0.3, -0.25) is 9.52 Å². The highest BCUT2D eigenvalue weighted by molar-refractivity contribution is 7.92. The number of nitrogens with one attached hydrogen (secondary N) is 3. The number of hydrogen-bond donors (Lipinski definition) is 3. The van der Waals surface area contributed by atoms with Gasteiger partial charge in [0.2, 0.25) is 10.0 Å². The smallest absolute Gasteiger partial charge is 0.264 e. The van der Waals surface area contributed by atoms with Crippen molar-refractivity contribution in [2.45, 2.75) is 12.8 Å². The molecule has 8 heteroatoms. The molecule has 3 N–H and O–H groups in total. The summed E-state index contributed by atoms with van der Waals surface area (Å²) in [5.74, 6) is 0.332. The second kappa shape index (κ2) is 5.49. The van der Waals surface area contributed by atoms with Crippen LogP contribution in [-0.4, -0.2) is 37.5 Å². The molecule has 18 heavy (non-hydrogen) atoms. The summed E-state index contributed by atoms with van der Waals surface area (Å²) in [5.41, 5.74) is -0.366. The van der Waals surface area contributed by atoms with Crippen LogP contribution in [0.1, 0.15) is 12.8 Å². The first-order valence-corrected chi connectivity index (χ1v) is 7.47. The highest BCUT2D eigenvalue weighted by Crippen LogP contribution is 2.13. The van der Waals surface area contributed by atoms with E-state index in [9.17, 15) is 13.2 Å². The summed E-state index contributed by atoms with van der Waals surface area (Å²) >= 11 is 0. The van der Waals surface area contributed by atoms with Crippen molar-refractivity contribution in [2.75, 3.05) is 23.6 Å². The Morgan fingerprint density at radius 2 is 2.28 bits per heavy atom. The highest BCUT2D eigenvalue weighted by Gasteiger charge is 2.21. The second-order valence-electron chi connectivity index (χ2n) is 4.40. The number of piperidine rings is 1. The van der Waals surface area contributed by atoms with Gasteiger partial charge in [0.15, 0.2) is 5.82 Å². The van der Waals surface area contributed by atoms with E-state index in [1.807, 2.05) is 0 Å². The van der Waals surface area contributed by atoms with E-state index in [0.717, 1.165) is 25.9 Å². The Bertz CT molecular complexity index is 528. The number of nitrogens with zero attached hydrogens (tertiary/aromatic N) is 1.